The van der Waals surface area contributed by atoms with Crippen molar-refractivity contribution in [1.29, 1.82) is 0 Å². The van der Waals surface area contributed by atoms with Gasteiger partial charge in [0.1, 0.15) is 0 Å². The molecular formula is C13H23NO4. The zero-order valence-corrected chi connectivity index (χ0v) is 11.1. The summed E-state index contributed by atoms with van der Waals surface area (Å²) in [5, 5.41) is 0. The summed E-state index contributed by atoms with van der Waals surface area (Å²) in [5.41, 5.74) is 0. The smallest absolute Gasteiger partial charge is 0.307 e. The summed E-state index contributed by atoms with van der Waals surface area (Å²) >= 11 is 0. The standard InChI is InChI=1S/C13H23NO4/c1-2-16-12(15)5-7-14-6-3-4-11(10-14)13-17-8-9-18-13/h11,13H,2-10H2,1H3. The predicted molar refractivity (Wildman–Crippen MR) is 66.1 cm³/mol. The molecular weight excluding hydrogens is 234 g/mol. The number of carbonyl (C=O) groups is 1. The second kappa shape index (κ2) is 7.07. The van der Waals surface area contributed by atoms with E-state index in [0.717, 1.165) is 32.5 Å². The minimum absolute atomic E-state index is 0.0320. The Hall–Kier alpha value is -0.650. The van der Waals surface area contributed by atoms with Crippen LogP contribution in [0.2, 0.25) is 0 Å². The van der Waals surface area contributed by atoms with Gasteiger partial charge in [-0.25, -0.2) is 0 Å². The molecule has 0 bridgehead atoms. The number of rotatable bonds is 5. The Morgan fingerprint density at radius 1 is 1.39 bits per heavy atom. The monoisotopic (exact) mass is 257 g/mol. The van der Waals surface area contributed by atoms with Gasteiger partial charge in [-0.15, -0.1) is 0 Å². The number of carbonyl (C=O) groups excluding carboxylic acids is 1. The van der Waals surface area contributed by atoms with E-state index in [2.05, 4.69) is 4.90 Å². The van der Waals surface area contributed by atoms with Crippen LogP contribution in [-0.4, -0.2) is 56.6 Å². The van der Waals surface area contributed by atoms with E-state index in [1.165, 1.54) is 0 Å². The molecule has 18 heavy (non-hydrogen) atoms. The highest BCUT2D eigenvalue weighted by Crippen LogP contribution is 2.24. The molecule has 2 fully saturated rings. The van der Waals surface area contributed by atoms with E-state index < -0.39 is 0 Å². The summed E-state index contributed by atoms with van der Waals surface area (Å²) < 4.78 is 16.1. The van der Waals surface area contributed by atoms with E-state index in [-0.39, 0.29) is 12.3 Å². The van der Waals surface area contributed by atoms with Gasteiger partial charge in [0.05, 0.1) is 26.2 Å². The van der Waals surface area contributed by atoms with E-state index in [1.54, 1.807) is 0 Å². The number of hydrogen-bond acceptors (Lipinski definition) is 5. The number of hydrogen-bond donors (Lipinski definition) is 0. The normalized spacial score (nSPS) is 26.4. The van der Waals surface area contributed by atoms with Crippen molar-refractivity contribution in [3.8, 4) is 0 Å². The first kappa shape index (κ1) is 13.8. The van der Waals surface area contributed by atoms with Gasteiger partial charge in [0.2, 0.25) is 0 Å². The molecule has 0 N–H and O–H groups in total. The van der Waals surface area contributed by atoms with Crippen molar-refractivity contribution in [3.05, 3.63) is 0 Å². The lowest BCUT2D eigenvalue weighted by molar-refractivity contribution is -0.143. The Morgan fingerprint density at radius 2 is 2.17 bits per heavy atom. The third kappa shape index (κ3) is 3.93. The molecule has 0 radical (unpaired) electrons. The highest BCUT2D eigenvalue weighted by atomic mass is 16.7. The van der Waals surface area contributed by atoms with Crippen LogP contribution in [0.15, 0.2) is 0 Å². The zero-order valence-electron chi connectivity index (χ0n) is 11.1. The van der Waals surface area contributed by atoms with Gasteiger partial charge in [-0.1, -0.05) is 0 Å². The fraction of sp³-hybridized carbons (Fsp3) is 0.923. The average molecular weight is 257 g/mol. The van der Waals surface area contributed by atoms with Crippen LogP contribution in [0.1, 0.15) is 26.2 Å². The quantitative estimate of drug-likeness (QED) is 0.688. The second-order valence-corrected chi connectivity index (χ2v) is 4.87. The van der Waals surface area contributed by atoms with Crippen LogP contribution in [0.25, 0.3) is 0 Å². The minimum atomic E-state index is -0.104. The number of piperidine rings is 1. The molecule has 0 spiro atoms. The molecule has 1 atom stereocenters. The molecule has 0 amide bonds. The third-order valence-corrected chi connectivity index (χ3v) is 3.51. The molecule has 5 nitrogen and oxygen atoms in total. The number of esters is 1. The van der Waals surface area contributed by atoms with E-state index in [1.807, 2.05) is 6.92 Å². The zero-order chi connectivity index (χ0) is 12.8. The summed E-state index contributed by atoms with van der Waals surface area (Å²) in [6, 6.07) is 0. The van der Waals surface area contributed by atoms with Crippen molar-refractivity contribution >= 4 is 5.97 Å². The van der Waals surface area contributed by atoms with Crippen LogP contribution in [-0.2, 0) is 19.0 Å². The Morgan fingerprint density at radius 3 is 2.89 bits per heavy atom. The van der Waals surface area contributed by atoms with Gasteiger partial charge >= 0.3 is 5.97 Å². The molecule has 2 rings (SSSR count). The van der Waals surface area contributed by atoms with Crippen LogP contribution in [0.5, 0.6) is 0 Å². The largest absolute Gasteiger partial charge is 0.466 e. The lowest BCUT2D eigenvalue weighted by Crippen LogP contribution is -2.41. The summed E-state index contributed by atoms with van der Waals surface area (Å²) in [7, 11) is 0. The molecule has 1 unspecified atom stereocenters. The Kier molecular flexibility index (Phi) is 5.41. The molecule has 104 valence electrons. The molecule has 2 saturated heterocycles. The molecule has 2 aliphatic heterocycles. The van der Waals surface area contributed by atoms with Gasteiger partial charge in [-0.3, -0.25) is 4.79 Å². The lowest BCUT2D eigenvalue weighted by Gasteiger charge is -2.34. The minimum Gasteiger partial charge on any atom is -0.466 e. The second-order valence-electron chi connectivity index (χ2n) is 4.87. The fourth-order valence-electron chi connectivity index (χ4n) is 2.65. The summed E-state index contributed by atoms with van der Waals surface area (Å²) in [6.07, 6.45) is 2.75. The first-order valence-electron chi connectivity index (χ1n) is 6.90. The Labute approximate surface area is 108 Å². The third-order valence-electron chi connectivity index (χ3n) is 3.51. The van der Waals surface area contributed by atoms with E-state index in [9.17, 15) is 4.79 Å². The van der Waals surface area contributed by atoms with Crippen molar-refractivity contribution in [2.45, 2.75) is 32.5 Å². The fourth-order valence-corrected chi connectivity index (χ4v) is 2.65. The van der Waals surface area contributed by atoms with Gasteiger partial charge in [-0.05, 0) is 26.3 Å². The molecule has 5 heteroatoms. The van der Waals surface area contributed by atoms with Gasteiger partial charge < -0.3 is 19.1 Å². The number of nitrogens with zero attached hydrogens (tertiary/aromatic N) is 1. The highest BCUT2D eigenvalue weighted by molar-refractivity contribution is 5.69. The Balaban J connectivity index is 1.71. The summed E-state index contributed by atoms with van der Waals surface area (Å²) in [6.45, 7) is 6.53. The maximum atomic E-state index is 11.3. The summed E-state index contributed by atoms with van der Waals surface area (Å²) in [4.78, 5) is 13.6. The van der Waals surface area contributed by atoms with Crippen molar-refractivity contribution < 1.29 is 19.0 Å². The van der Waals surface area contributed by atoms with Crippen LogP contribution in [0.4, 0.5) is 0 Å². The average Bonchev–Trinajstić information content (AvgIpc) is 2.91. The first-order chi connectivity index (χ1) is 8.79. The van der Waals surface area contributed by atoms with Gasteiger partial charge in [0.25, 0.3) is 0 Å². The predicted octanol–water partition coefficient (Wildman–Crippen LogP) is 1.02. The first-order valence-corrected chi connectivity index (χ1v) is 6.90. The van der Waals surface area contributed by atoms with Crippen molar-refractivity contribution in [2.75, 3.05) is 39.5 Å². The summed E-state index contributed by atoms with van der Waals surface area (Å²) in [5.74, 6) is 0.344. The molecule has 0 aliphatic carbocycles. The van der Waals surface area contributed by atoms with E-state index >= 15 is 0 Å². The van der Waals surface area contributed by atoms with Gasteiger partial charge in [-0.2, -0.15) is 0 Å². The van der Waals surface area contributed by atoms with Crippen LogP contribution in [0.3, 0.4) is 0 Å². The SMILES string of the molecule is CCOC(=O)CCN1CCCC(C2OCCO2)C1. The maximum Gasteiger partial charge on any atom is 0.307 e. The number of ether oxygens (including phenoxy) is 3. The van der Waals surface area contributed by atoms with E-state index in [4.69, 9.17) is 14.2 Å². The molecule has 0 aromatic carbocycles. The van der Waals surface area contributed by atoms with Crippen molar-refractivity contribution in [1.82, 2.24) is 4.90 Å². The Bertz CT molecular complexity index is 266. The molecule has 0 aromatic rings. The number of likely N-dealkylation sites (tertiary alicyclic amines) is 1. The van der Waals surface area contributed by atoms with Gasteiger partial charge in [0.15, 0.2) is 6.29 Å². The van der Waals surface area contributed by atoms with E-state index in [0.29, 0.717) is 32.2 Å². The topological polar surface area (TPSA) is 48.0 Å². The van der Waals surface area contributed by atoms with Crippen molar-refractivity contribution in [3.63, 3.8) is 0 Å². The molecule has 2 aliphatic rings. The molecule has 0 saturated carbocycles. The highest BCUT2D eigenvalue weighted by Gasteiger charge is 2.31. The maximum absolute atomic E-state index is 11.3. The molecule has 2 heterocycles. The van der Waals surface area contributed by atoms with Crippen LogP contribution < -0.4 is 0 Å². The van der Waals surface area contributed by atoms with Crippen LogP contribution >= 0.6 is 0 Å². The van der Waals surface area contributed by atoms with Gasteiger partial charge in [0, 0.05) is 19.0 Å². The van der Waals surface area contributed by atoms with Crippen LogP contribution in [0, 0.1) is 5.92 Å². The van der Waals surface area contributed by atoms with Crippen molar-refractivity contribution in [2.24, 2.45) is 5.92 Å². The lowest BCUT2D eigenvalue weighted by atomic mass is 9.97. The molecule has 0 aromatic heterocycles.